The molecule has 29 heavy (non-hydrogen) atoms. The number of halogens is 1. The van der Waals surface area contributed by atoms with Gasteiger partial charge in [0.2, 0.25) is 5.91 Å². The summed E-state index contributed by atoms with van der Waals surface area (Å²) in [7, 11) is 0. The molecule has 1 aromatic heterocycles. The number of aryl methyl sites for hydroxylation is 2. The number of fused-ring (bicyclic) bond motifs is 1. The molecule has 4 aromatic rings. The van der Waals surface area contributed by atoms with E-state index in [1.807, 2.05) is 43.3 Å². The Morgan fingerprint density at radius 3 is 2.45 bits per heavy atom. The number of anilines is 1. The Kier molecular flexibility index (Phi) is 5.41. The molecule has 0 unspecified atom stereocenters. The third-order valence-electron chi connectivity index (χ3n) is 4.79. The highest BCUT2D eigenvalue weighted by molar-refractivity contribution is 7.22. The maximum absolute atomic E-state index is 13.2. The molecular weight excluding hydrogens is 383 g/mol. The van der Waals surface area contributed by atoms with Gasteiger partial charge in [-0.1, -0.05) is 59.9 Å². The molecule has 0 bridgehead atoms. The van der Waals surface area contributed by atoms with Crippen molar-refractivity contribution < 1.29 is 9.18 Å². The first kappa shape index (κ1) is 19.3. The van der Waals surface area contributed by atoms with Crippen LogP contribution in [0.5, 0.6) is 0 Å². The van der Waals surface area contributed by atoms with Gasteiger partial charge in [-0.25, -0.2) is 9.37 Å². The Morgan fingerprint density at radius 1 is 1.00 bits per heavy atom. The van der Waals surface area contributed by atoms with Gasteiger partial charge in [0.1, 0.15) is 5.82 Å². The van der Waals surface area contributed by atoms with E-state index < -0.39 is 0 Å². The van der Waals surface area contributed by atoms with Gasteiger partial charge in [0.15, 0.2) is 5.13 Å². The SMILES string of the molecule is Cc1cc(C)c2sc(N(Cc3ccccc3)C(=O)Cc3ccc(F)cc3)nc2c1. The van der Waals surface area contributed by atoms with Crippen molar-refractivity contribution in [3.8, 4) is 0 Å². The second-order valence-electron chi connectivity index (χ2n) is 7.20. The van der Waals surface area contributed by atoms with Gasteiger partial charge >= 0.3 is 0 Å². The summed E-state index contributed by atoms with van der Waals surface area (Å²) >= 11 is 1.54. The second kappa shape index (κ2) is 8.13. The molecule has 5 heteroatoms. The zero-order chi connectivity index (χ0) is 20.4. The van der Waals surface area contributed by atoms with Gasteiger partial charge in [-0.15, -0.1) is 0 Å². The van der Waals surface area contributed by atoms with E-state index in [4.69, 9.17) is 4.98 Å². The van der Waals surface area contributed by atoms with Crippen LogP contribution in [0, 0.1) is 19.7 Å². The van der Waals surface area contributed by atoms with Crippen molar-refractivity contribution in [2.45, 2.75) is 26.8 Å². The Morgan fingerprint density at radius 2 is 1.72 bits per heavy atom. The van der Waals surface area contributed by atoms with Crippen LogP contribution in [0.2, 0.25) is 0 Å². The quantitative estimate of drug-likeness (QED) is 0.419. The number of nitrogens with zero attached hydrogens (tertiary/aromatic N) is 2. The molecule has 0 aliphatic carbocycles. The zero-order valence-corrected chi connectivity index (χ0v) is 17.2. The lowest BCUT2D eigenvalue weighted by atomic mass is 10.1. The molecule has 0 aliphatic heterocycles. The molecule has 3 nitrogen and oxygen atoms in total. The van der Waals surface area contributed by atoms with Crippen molar-refractivity contribution in [1.82, 2.24) is 4.98 Å². The summed E-state index contributed by atoms with van der Waals surface area (Å²) in [6, 6.07) is 20.1. The molecule has 146 valence electrons. The van der Waals surface area contributed by atoms with Gasteiger partial charge in [-0.05, 0) is 54.3 Å². The molecule has 0 saturated heterocycles. The predicted molar refractivity (Wildman–Crippen MR) is 117 cm³/mol. The first-order valence-electron chi connectivity index (χ1n) is 9.46. The van der Waals surface area contributed by atoms with Gasteiger partial charge in [-0.3, -0.25) is 9.69 Å². The summed E-state index contributed by atoms with van der Waals surface area (Å²) in [4.78, 5) is 19.7. The maximum Gasteiger partial charge on any atom is 0.233 e. The first-order chi connectivity index (χ1) is 14.0. The van der Waals surface area contributed by atoms with Crippen LogP contribution < -0.4 is 4.90 Å². The van der Waals surface area contributed by atoms with E-state index in [9.17, 15) is 9.18 Å². The number of benzene rings is 3. The zero-order valence-electron chi connectivity index (χ0n) is 16.4. The van der Waals surface area contributed by atoms with E-state index in [1.165, 1.54) is 23.5 Å². The smallest absolute Gasteiger partial charge is 0.233 e. The van der Waals surface area contributed by atoms with E-state index in [0.717, 1.165) is 32.5 Å². The van der Waals surface area contributed by atoms with Crippen LogP contribution in [0.15, 0.2) is 66.7 Å². The molecule has 1 heterocycles. The Bertz CT molecular complexity index is 1150. The average molecular weight is 405 g/mol. The molecule has 0 fully saturated rings. The fraction of sp³-hybridized carbons (Fsp3) is 0.167. The van der Waals surface area contributed by atoms with Gasteiger partial charge < -0.3 is 0 Å². The highest BCUT2D eigenvalue weighted by Crippen LogP contribution is 2.33. The number of thiazole rings is 1. The van der Waals surface area contributed by atoms with Crippen molar-refractivity contribution >= 4 is 32.6 Å². The van der Waals surface area contributed by atoms with Crippen molar-refractivity contribution in [3.05, 3.63) is 94.8 Å². The van der Waals surface area contributed by atoms with Crippen LogP contribution in [0.1, 0.15) is 22.3 Å². The molecule has 0 atom stereocenters. The normalized spacial score (nSPS) is 11.0. The summed E-state index contributed by atoms with van der Waals surface area (Å²) in [5.74, 6) is -0.367. The average Bonchev–Trinajstić information content (AvgIpc) is 3.12. The molecule has 4 rings (SSSR count). The van der Waals surface area contributed by atoms with Crippen LogP contribution in [-0.2, 0) is 17.8 Å². The topological polar surface area (TPSA) is 33.2 Å². The van der Waals surface area contributed by atoms with Crippen LogP contribution >= 0.6 is 11.3 Å². The van der Waals surface area contributed by atoms with Gasteiger partial charge in [0.05, 0.1) is 23.2 Å². The lowest BCUT2D eigenvalue weighted by molar-refractivity contribution is -0.118. The molecule has 3 aromatic carbocycles. The van der Waals surface area contributed by atoms with Crippen molar-refractivity contribution in [3.63, 3.8) is 0 Å². The number of hydrogen-bond acceptors (Lipinski definition) is 3. The molecule has 1 amide bonds. The molecule has 0 aliphatic rings. The predicted octanol–water partition coefficient (Wildman–Crippen LogP) is 5.83. The van der Waals surface area contributed by atoms with E-state index in [0.29, 0.717) is 11.7 Å². The minimum Gasteiger partial charge on any atom is -0.283 e. The lowest BCUT2D eigenvalue weighted by Crippen LogP contribution is -2.31. The summed E-state index contributed by atoms with van der Waals surface area (Å²) in [6.07, 6.45) is 0.195. The summed E-state index contributed by atoms with van der Waals surface area (Å²) in [6.45, 7) is 4.56. The number of amides is 1. The maximum atomic E-state index is 13.2. The van der Waals surface area contributed by atoms with Gasteiger partial charge in [-0.2, -0.15) is 0 Å². The number of rotatable bonds is 5. The summed E-state index contributed by atoms with van der Waals surface area (Å²) in [5, 5.41) is 0.685. The summed E-state index contributed by atoms with van der Waals surface area (Å²) < 4.78 is 14.3. The highest BCUT2D eigenvalue weighted by atomic mass is 32.1. The number of carbonyl (C=O) groups excluding carboxylic acids is 1. The molecule has 0 N–H and O–H groups in total. The lowest BCUT2D eigenvalue weighted by Gasteiger charge is -2.20. The third kappa shape index (κ3) is 4.35. The second-order valence-corrected chi connectivity index (χ2v) is 8.17. The first-order valence-corrected chi connectivity index (χ1v) is 10.3. The van der Waals surface area contributed by atoms with Crippen LogP contribution in [-0.4, -0.2) is 10.9 Å². The summed E-state index contributed by atoms with van der Waals surface area (Å²) in [5.41, 5.74) is 5.04. The van der Waals surface area contributed by atoms with Crippen molar-refractivity contribution in [1.29, 1.82) is 0 Å². The van der Waals surface area contributed by atoms with E-state index >= 15 is 0 Å². The van der Waals surface area contributed by atoms with Gasteiger partial charge in [0, 0.05) is 0 Å². The molecule has 0 radical (unpaired) electrons. The Hall–Kier alpha value is -3.05. The van der Waals surface area contributed by atoms with E-state index in [-0.39, 0.29) is 18.1 Å². The highest BCUT2D eigenvalue weighted by Gasteiger charge is 2.21. The minimum atomic E-state index is -0.306. The van der Waals surface area contributed by atoms with Crippen molar-refractivity contribution in [2.24, 2.45) is 0 Å². The monoisotopic (exact) mass is 404 g/mol. The van der Waals surface area contributed by atoms with Gasteiger partial charge in [0.25, 0.3) is 0 Å². The Labute approximate surface area is 173 Å². The van der Waals surface area contributed by atoms with Crippen LogP contribution in [0.25, 0.3) is 10.2 Å². The minimum absolute atomic E-state index is 0.0612. The number of carbonyl (C=O) groups is 1. The fourth-order valence-electron chi connectivity index (χ4n) is 3.38. The third-order valence-corrected chi connectivity index (χ3v) is 6.02. The Balaban J connectivity index is 1.70. The number of aromatic nitrogens is 1. The fourth-order valence-corrected chi connectivity index (χ4v) is 4.41. The van der Waals surface area contributed by atoms with Crippen LogP contribution in [0.4, 0.5) is 9.52 Å². The largest absolute Gasteiger partial charge is 0.283 e. The molecular formula is C24H21FN2OS. The number of hydrogen-bond donors (Lipinski definition) is 0. The molecule has 0 spiro atoms. The van der Waals surface area contributed by atoms with E-state index in [1.54, 1.807) is 17.0 Å². The van der Waals surface area contributed by atoms with E-state index in [2.05, 4.69) is 13.0 Å². The molecule has 0 saturated carbocycles. The van der Waals surface area contributed by atoms with Crippen molar-refractivity contribution in [2.75, 3.05) is 4.90 Å². The standard InChI is InChI=1S/C24H21FN2OS/c1-16-12-17(2)23-21(13-16)26-24(29-23)27(15-19-6-4-3-5-7-19)22(28)14-18-8-10-20(25)11-9-18/h3-13H,14-15H2,1-2H3. The van der Waals surface area contributed by atoms with Crippen LogP contribution in [0.3, 0.4) is 0 Å².